The van der Waals surface area contributed by atoms with E-state index in [4.69, 9.17) is 9.47 Å². The number of halogens is 1. The molecule has 0 N–H and O–H groups in total. The molecule has 0 radical (unpaired) electrons. The molecule has 0 fully saturated rings. The van der Waals surface area contributed by atoms with E-state index in [2.05, 4.69) is 15.9 Å². The third-order valence-corrected chi connectivity index (χ3v) is 2.23. The fourth-order valence-corrected chi connectivity index (χ4v) is 1.49. The van der Waals surface area contributed by atoms with E-state index in [1.165, 1.54) is 4.48 Å². The Balaban J connectivity index is 2.29. The van der Waals surface area contributed by atoms with Crippen molar-refractivity contribution >= 4 is 15.9 Å². The number of allylic oxidation sites excluding steroid dienone is 3. The lowest BCUT2D eigenvalue weighted by atomic mass is 10.1. The Kier molecular flexibility index (Phi) is 1.45. The standard InChI is InChI=1S/C7H7BrO2/c8-5-1-2-6-7(3-5)10-4-9-6/h3H,1-2,4H2. The van der Waals surface area contributed by atoms with Crippen LogP contribution >= 0.6 is 15.9 Å². The van der Waals surface area contributed by atoms with Gasteiger partial charge in [0.1, 0.15) is 5.76 Å². The fourth-order valence-electron chi connectivity index (χ4n) is 1.08. The second-order valence-electron chi connectivity index (χ2n) is 2.29. The summed E-state index contributed by atoms with van der Waals surface area (Å²) in [5, 5.41) is 0. The molecule has 2 rings (SSSR count). The van der Waals surface area contributed by atoms with Gasteiger partial charge in [-0.15, -0.1) is 0 Å². The first-order valence-corrected chi connectivity index (χ1v) is 4.00. The highest BCUT2D eigenvalue weighted by Gasteiger charge is 2.19. The van der Waals surface area contributed by atoms with E-state index >= 15 is 0 Å². The summed E-state index contributed by atoms with van der Waals surface area (Å²) < 4.78 is 11.6. The van der Waals surface area contributed by atoms with Crippen molar-refractivity contribution in [2.75, 3.05) is 6.79 Å². The maximum Gasteiger partial charge on any atom is 0.230 e. The second kappa shape index (κ2) is 2.31. The molecule has 10 heavy (non-hydrogen) atoms. The molecule has 54 valence electrons. The molecule has 0 aromatic rings. The summed E-state index contributed by atoms with van der Waals surface area (Å²) in [6, 6.07) is 0. The zero-order chi connectivity index (χ0) is 6.97. The summed E-state index contributed by atoms with van der Waals surface area (Å²) in [7, 11) is 0. The summed E-state index contributed by atoms with van der Waals surface area (Å²) in [5.74, 6) is 1.90. The molecule has 0 aromatic carbocycles. The molecule has 2 aliphatic rings. The van der Waals surface area contributed by atoms with Crippen molar-refractivity contribution in [2.45, 2.75) is 12.8 Å². The van der Waals surface area contributed by atoms with E-state index in [1.54, 1.807) is 0 Å². The van der Waals surface area contributed by atoms with Gasteiger partial charge in [-0.05, 0) is 17.0 Å². The summed E-state index contributed by atoms with van der Waals surface area (Å²) >= 11 is 3.42. The van der Waals surface area contributed by atoms with Gasteiger partial charge in [0.15, 0.2) is 5.76 Å². The van der Waals surface area contributed by atoms with E-state index in [0.29, 0.717) is 6.79 Å². The lowest BCUT2D eigenvalue weighted by Crippen LogP contribution is -1.91. The Morgan fingerprint density at radius 1 is 1.30 bits per heavy atom. The maximum atomic E-state index is 5.20. The number of ether oxygens (including phenoxy) is 2. The van der Waals surface area contributed by atoms with Crippen molar-refractivity contribution in [2.24, 2.45) is 0 Å². The van der Waals surface area contributed by atoms with E-state index in [1.807, 2.05) is 6.08 Å². The lowest BCUT2D eigenvalue weighted by molar-refractivity contribution is 0.0729. The van der Waals surface area contributed by atoms with Gasteiger partial charge in [0.05, 0.1) is 0 Å². The van der Waals surface area contributed by atoms with Crippen molar-refractivity contribution in [3.05, 3.63) is 22.1 Å². The molecule has 1 aliphatic carbocycles. The zero-order valence-electron chi connectivity index (χ0n) is 5.39. The predicted octanol–water partition coefficient (Wildman–Crippen LogP) is 2.27. The Bertz CT molecular complexity index is 218. The Labute approximate surface area is 67.6 Å². The molecular formula is C7H7BrO2. The van der Waals surface area contributed by atoms with Gasteiger partial charge in [0.2, 0.25) is 6.79 Å². The van der Waals surface area contributed by atoms with E-state index in [-0.39, 0.29) is 0 Å². The quantitative estimate of drug-likeness (QED) is 0.601. The topological polar surface area (TPSA) is 18.5 Å². The summed E-state index contributed by atoms with van der Waals surface area (Å²) in [5.41, 5.74) is 0. The van der Waals surface area contributed by atoms with Gasteiger partial charge in [-0.2, -0.15) is 0 Å². The van der Waals surface area contributed by atoms with Gasteiger partial charge in [0.25, 0.3) is 0 Å². The van der Waals surface area contributed by atoms with Crippen LogP contribution in [0.1, 0.15) is 12.8 Å². The van der Waals surface area contributed by atoms with Crippen molar-refractivity contribution in [3.8, 4) is 0 Å². The molecule has 0 amide bonds. The molecule has 0 saturated carbocycles. The van der Waals surface area contributed by atoms with Crippen molar-refractivity contribution in [1.82, 2.24) is 0 Å². The molecule has 0 saturated heterocycles. The highest BCUT2D eigenvalue weighted by molar-refractivity contribution is 9.11. The van der Waals surface area contributed by atoms with Crippen LogP contribution in [-0.2, 0) is 9.47 Å². The third kappa shape index (κ3) is 0.944. The maximum absolute atomic E-state index is 5.20. The zero-order valence-corrected chi connectivity index (χ0v) is 6.98. The SMILES string of the molecule is BrC1=CC2=C(CC1)OCO2. The molecule has 3 heteroatoms. The Morgan fingerprint density at radius 2 is 2.20 bits per heavy atom. The summed E-state index contributed by atoms with van der Waals surface area (Å²) in [4.78, 5) is 0. The Morgan fingerprint density at radius 3 is 3.10 bits per heavy atom. The minimum atomic E-state index is 0.390. The van der Waals surface area contributed by atoms with Gasteiger partial charge >= 0.3 is 0 Å². The van der Waals surface area contributed by atoms with E-state index in [0.717, 1.165) is 24.4 Å². The normalized spacial score (nSPS) is 23.1. The summed E-state index contributed by atoms with van der Waals surface area (Å²) in [6.45, 7) is 0.390. The van der Waals surface area contributed by atoms with Crippen LogP contribution in [0, 0.1) is 0 Å². The van der Waals surface area contributed by atoms with Crippen LogP contribution in [0.25, 0.3) is 0 Å². The van der Waals surface area contributed by atoms with Crippen molar-refractivity contribution in [1.29, 1.82) is 0 Å². The highest BCUT2D eigenvalue weighted by atomic mass is 79.9. The van der Waals surface area contributed by atoms with E-state index in [9.17, 15) is 0 Å². The van der Waals surface area contributed by atoms with Gasteiger partial charge in [-0.1, -0.05) is 15.9 Å². The molecule has 2 nitrogen and oxygen atoms in total. The van der Waals surface area contributed by atoms with Crippen molar-refractivity contribution in [3.63, 3.8) is 0 Å². The Hall–Kier alpha value is -0.440. The van der Waals surface area contributed by atoms with Gasteiger partial charge in [0, 0.05) is 6.42 Å². The highest BCUT2D eigenvalue weighted by Crippen LogP contribution is 2.31. The van der Waals surface area contributed by atoms with Crippen LogP contribution in [0.3, 0.4) is 0 Å². The van der Waals surface area contributed by atoms with Gasteiger partial charge < -0.3 is 9.47 Å². The first kappa shape index (κ1) is 6.28. The average Bonchev–Trinajstić information content (AvgIpc) is 2.33. The fraction of sp³-hybridized carbons (Fsp3) is 0.429. The number of hydrogen-bond donors (Lipinski definition) is 0. The van der Waals surface area contributed by atoms with Crippen LogP contribution < -0.4 is 0 Å². The predicted molar refractivity (Wildman–Crippen MR) is 40.3 cm³/mol. The average molecular weight is 203 g/mol. The van der Waals surface area contributed by atoms with Crippen LogP contribution in [-0.4, -0.2) is 6.79 Å². The smallest absolute Gasteiger partial charge is 0.230 e. The number of rotatable bonds is 0. The molecule has 0 unspecified atom stereocenters. The molecule has 0 bridgehead atoms. The molecule has 1 aliphatic heterocycles. The van der Waals surface area contributed by atoms with Crippen LogP contribution in [0.2, 0.25) is 0 Å². The van der Waals surface area contributed by atoms with E-state index < -0.39 is 0 Å². The molecule has 0 aromatic heterocycles. The van der Waals surface area contributed by atoms with Crippen molar-refractivity contribution < 1.29 is 9.47 Å². The third-order valence-electron chi connectivity index (χ3n) is 1.60. The molecular weight excluding hydrogens is 196 g/mol. The first-order chi connectivity index (χ1) is 4.86. The minimum Gasteiger partial charge on any atom is -0.458 e. The largest absolute Gasteiger partial charge is 0.458 e. The first-order valence-electron chi connectivity index (χ1n) is 3.21. The summed E-state index contributed by atoms with van der Waals surface area (Å²) in [6.07, 6.45) is 3.97. The molecule has 1 heterocycles. The molecule has 0 atom stereocenters. The lowest BCUT2D eigenvalue weighted by Gasteiger charge is -2.06. The second-order valence-corrected chi connectivity index (χ2v) is 3.30. The minimum absolute atomic E-state index is 0.390. The van der Waals surface area contributed by atoms with Gasteiger partial charge in [-0.25, -0.2) is 0 Å². The van der Waals surface area contributed by atoms with Crippen LogP contribution in [0.15, 0.2) is 22.1 Å². The van der Waals surface area contributed by atoms with Crippen LogP contribution in [0.4, 0.5) is 0 Å². The van der Waals surface area contributed by atoms with Gasteiger partial charge in [-0.3, -0.25) is 0 Å². The monoisotopic (exact) mass is 202 g/mol. The van der Waals surface area contributed by atoms with Crippen LogP contribution in [0.5, 0.6) is 0 Å². The molecule has 0 spiro atoms. The number of hydrogen-bond acceptors (Lipinski definition) is 2.